The standard InChI is InChI=1S/C11H11ClO2S/c1-2-7-3-5-9(15-7)11(13)8-4-6-10(12)14-8/h3-6,11,13H,2H2,1H3. The minimum Gasteiger partial charge on any atom is -0.447 e. The molecule has 0 saturated heterocycles. The third kappa shape index (κ3) is 2.25. The predicted molar refractivity (Wildman–Crippen MR) is 61.5 cm³/mol. The molecule has 1 atom stereocenters. The Labute approximate surface area is 97.1 Å². The van der Waals surface area contributed by atoms with Gasteiger partial charge in [0.2, 0.25) is 0 Å². The van der Waals surface area contributed by atoms with Gasteiger partial charge in [0, 0.05) is 9.75 Å². The second kappa shape index (κ2) is 4.39. The van der Waals surface area contributed by atoms with E-state index >= 15 is 0 Å². The second-order valence-corrected chi connectivity index (χ2v) is 4.77. The van der Waals surface area contributed by atoms with Crippen molar-refractivity contribution >= 4 is 22.9 Å². The van der Waals surface area contributed by atoms with Gasteiger partial charge in [-0.15, -0.1) is 11.3 Å². The monoisotopic (exact) mass is 242 g/mol. The maximum absolute atomic E-state index is 9.97. The highest BCUT2D eigenvalue weighted by Crippen LogP contribution is 2.30. The van der Waals surface area contributed by atoms with Crippen LogP contribution in [0.3, 0.4) is 0 Å². The van der Waals surface area contributed by atoms with Crippen molar-refractivity contribution in [2.45, 2.75) is 19.4 Å². The molecule has 2 aromatic heterocycles. The molecule has 0 amide bonds. The molecule has 0 bridgehead atoms. The quantitative estimate of drug-likeness (QED) is 0.892. The molecule has 0 saturated carbocycles. The lowest BCUT2D eigenvalue weighted by molar-refractivity contribution is 0.193. The van der Waals surface area contributed by atoms with Crippen LogP contribution in [0.2, 0.25) is 5.22 Å². The van der Waals surface area contributed by atoms with Gasteiger partial charge in [0.15, 0.2) is 5.22 Å². The summed E-state index contributed by atoms with van der Waals surface area (Å²) in [4.78, 5) is 2.14. The lowest BCUT2D eigenvalue weighted by Crippen LogP contribution is -1.93. The van der Waals surface area contributed by atoms with Gasteiger partial charge in [-0.05, 0) is 42.3 Å². The number of aryl methyl sites for hydroxylation is 1. The molecule has 2 nitrogen and oxygen atoms in total. The summed E-state index contributed by atoms with van der Waals surface area (Å²) in [5.74, 6) is 0.490. The van der Waals surface area contributed by atoms with Crippen molar-refractivity contribution in [3.8, 4) is 0 Å². The largest absolute Gasteiger partial charge is 0.447 e. The van der Waals surface area contributed by atoms with Crippen molar-refractivity contribution in [3.63, 3.8) is 0 Å². The van der Waals surface area contributed by atoms with Crippen molar-refractivity contribution in [1.29, 1.82) is 0 Å². The number of halogens is 1. The van der Waals surface area contributed by atoms with Crippen molar-refractivity contribution < 1.29 is 9.52 Å². The fourth-order valence-corrected chi connectivity index (χ4v) is 2.45. The molecule has 4 heteroatoms. The lowest BCUT2D eigenvalue weighted by Gasteiger charge is -2.03. The Morgan fingerprint density at radius 3 is 2.73 bits per heavy atom. The number of rotatable bonds is 3. The molecule has 80 valence electrons. The third-order valence-electron chi connectivity index (χ3n) is 2.16. The van der Waals surface area contributed by atoms with E-state index in [1.165, 1.54) is 4.88 Å². The molecule has 0 spiro atoms. The molecule has 0 radical (unpaired) electrons. The predicted octanol–water partition coefficient (Wildman–Crippen LogP) is 3.64. The van der Waals surface area contributed by atoms with Crippen LogP contribution in [0.1, 0.15) is 28.5 Å². The number of aliphatic hydroxyl groups is 1. The average molecular weight is 243 g/mol. The van der Waals surface area contributed by atoms with Gasteiger partial charge in [-0.3, -0.25) is 0 Å². The number of aliphatic hydroxyl groups excluding tert-OH is 1. The zero-order valence-electron chi connectivity index (χ0n) is 8.24. The molecular formula is C11H11ClO2S. The van der Waals surface area contributed by atoms with Gasteiger partial charge in [0.05, 0.1) is 0 Å². The highest BCUT2D eigenvalue weighted by atomic mass is 35.5. The number of furan rings is 1. The van der Waals surface area contributed by atoms with E-state index in [1.54, 1.807) is 23.5 Å². The van der Waals surface area contributed by atoms with Crippen LogP contribution in [0.4, 0.5) is 0 Å². The summed E-state index contributed by atoms with van der Waals surface area (Å²) >= 11 is 7.24. The molecular weight excluding hydrogens is 232 g/mol. The molecule has 0 aliphatic heterocycles. The molecule has 2 rings (SSSR count). The minimum atomic E-state index is -0.706. The van der Waals surface area contributed by atoms with E-state index in [0.717, 1.165) is 11.3 Å². The Morgan fingerprint density at radius 1 is 1.40 bits per heavy atom. The topological polar surface area (TPSA) is 33.4 Å². The van der Waals surface area contributed by atoms with Crippen molar-refractivity contribution in [3.05, 3.63) is 45.0 Å². The fraction of sp³-hybridized carbons (Fsp3) is 0.273. The molecule has 0 fully saturated rings. The summed E-state index contributed by atoms with van der Waals surface area (Å²) in [5.41, 5.74) is 0. The van der Waals surface area contributed by atoms with Crippen LogP contribution in [-0.2, 0) is 6.42 Å². The Balaban J connectivity index is 2.23. The van der Waals surface area contributed by atoms with E-state index < -0.39 is 6.10 Å². The van der Waals surface area contributed by atoms with Gasteiger partial charge in [0.1, 0.15) is 11.9 Å². The summed E-state index contributed by atoms with van der Waals surface area (Å²) in [6, 6.07) is 7.27. The van der Waals surface area contributed by atoms with Gasteiger partial charge in [-0.25, -0.2) is 0 Å². The number of thiophene rings is 1. The van der Waals surface area contributed by atoms with E-state index in [9.17, 15) is 5.11 Å². The smallest absolute Gasteiger partial charge is 0.193 e. The van der Waals surface area contributed by atoms with Crippen LogP contribution >= 0.6 is 22.9 Å². The molecule has 1 unspecified atom stereocenters. The lowest BCUT2D eigenvalue weighted by atomic mass is 10.2. The Morgan fingerprint density at radius 2 is 2.20 bits per heavy atom. The first kappa shape index (κ1) is 10.7. The first-order chi connectivity index (χ1) is 7.20. The molecule has 0 aromatic carbocycles. The Bertz CT molecular complexity index is 447. The minimum absolute atomic E-state index is 0.302. The molecule has 15 heavy (non-hydrogen) atoms. The molecule has 0 aliphatic rings. The van der Waals surface area contributed by atoms with E-state index in [0.29, 0.717) is 11.0 Å². The SMILES string of the molecule is CCc1ccc(C(O)c2ccc(Cl)o2)s1. The summed E-state index contributed by atoms with van der Waals surface area (Å²) in [6.45, 7) is 2.09. The van der Waals surface area contributed by atoms with Crippen LogP contribution in [0.15, 0.2) is 28.7 Å². The Kier molecular flexibility index (Phi) is 3.14. The summed E-state index contributed by atoms with van der Waals surface area (Å²) in [6.07, 6.45) is 0.277. The van der Waals surface area contributed by atoms with Crippen molar-refractivity contribution in [2.24, 2.45) is 0 Å². The maximum Gasteiger partial charge on any atom is 0.193 e. The van der Waals surface area contributed by atoms with Gasteiger partial charge in [-0.2, -0.15) is 0 Å². The number of hydrogen-bond donors (Lipinski definition) is 1. The first-order valence-electron chi connectivity index (χ1n) is 4.72. The number of hydrogen-bond acceptors (Lipinski definition) is 3. The van der Waals surface area contributed by atoms with Crippen molar-refractivity contribution in [1.82, 2.24) is 0 Å². The summed E-state index contributed by atoms with van der Waals surface area (Å²) < 4.78 is 5.16. The first-order valence-corrected chi connectivity index (χ1v) is 5.92. The molecule has 0 aliphatic carbocycles. The molecule has 1 N–H and O–H groups in total. The zero-order valence-corrected chi connectivity index (χ0v) is 9.81. The van der Waals surface area contributed by atoms with Gasteiger partial charge in [-0.1, -0.05) is 6.92 Å². The van der Waals surface area contributed by atoms with Crippen molar-refractivity contribution in [2.75, 3.05) is 0 Å². The average Bonchev–Trinajstić information content (AvgIpc) is 2.84. The van der Waals surface area contributed by atoms with Crippen LogP contribution in [0, 0.1) is 0 Å². The highest BCUT2D eigenvalue weighted by Gasteiger charge is 2.16. The van der Waals surface area contributed by atoms with Crippen LogP contribution in [0.5, 0.6) is 0 Å². The molecule has 2 heterocycles. The van der Waals surface area contributed by atoms with E-state index in [4.69, 9.17) is 16.0 Å². The van der Waals surface area contributed by atoms with Gasteiger partial charge in [0.25, 0.3) is 0 Å². The zero-order chi connectivity index (χ0) is 10.8. The molecule has 2 aromatic rings. The van der Waals surface area contributed by atoms with E-state index in [1.807, 2.05) is 12.1 Å². The summed E-state index contributed by atoms with van der Waals surface area (Å²) in [7, 11) is 0. The van der Waals surface area contributed by atoms with Gasteiger partial charge < -0.3 is 9.52 Å². The van der Waals surface area contributed by atoms with Crippen LogP contribution < -0.4 is 0 Å². The van der Waals surface area contributed by atoms with Crippen LogP contribution in [-0.4, -0.2) is 5.11 Å². The second-order valence-electron chi connectivity index (χ2n) is 3.20. The third-order valence-corrected chi connectivity index (χ3v) is 3.65. The van der Waals surface area contributed by atoms with E-state index in [-0.39, 0.29) is 0 Å². The van der Waals surface area contributed by atoms with Crippen LogP contribution in [0.25, 0.3) is 0 Å². The Hall–Kier alpha value is -0.770. The summed E-state index contributed by atoms with van der Waals surface area (Å²) in [5, 5.41) is 10.3. The normalized spacial score (nSPS) is 13.0. The highest BCUT2D eigenvalue weighted by molar-refractivity contribution is 7.12. The maximum atomic E-state index is 9.97. The van der Waals surface area contributed by atoms with E-state index in [2.05, 4.69) is 6.92 Å². The fourth-order valence-electron chi connectivity index (χ4n) is 1.35. The van der Waals surface area contributed by atoms with Gasteiger partial charge >= 0.3 is 0 Å².